The first-order chi connectivity index (χ1) is 17.9. The molecule has 3 atom stereocenters. The summed E-state index contributed by atoms with van der Waals surface area (Å²) < 4.78 is 18.0. The molecule has 0 amide bonds. The Hall–Kier alpha value is -4.05. The highest BCUT2D eigenvalue weighted by Crippen LogP contribution is 2.63. The summed E-state index contributed by atoms with van der Waals surface area (Å²) in [6.07, 6.45) is 2.72. The number of nitrogens with one attached hydrogen (secondary N) is 1. The van der Waals surface area contributed by atoms with Crippen LogP contribution >= 0.6 is 0 Å². The second-order valence-corrected chi connectivity index (χ2v) is 10.3. The maximum absolute atomic E-state index is 14.7. The van der Waals surface area contributed by atoms with Gasteiger partial charge in [-0.2, -0.15) is 5.10 Å². The molecule has 1 saturated carbocycles. The minimum atomic E-state index is -0.311. The van der Waals surface area contributed by atoms with Crippen molar-refractivity contribution < 1.29 is 4.39 Å². The summed E-state index contributed by atoms with van der Waals surface area (Å²) in [7, 11) is 3.53. The Morgan fingerprint density at radius 3 is 2.76 bits per heavy atom. The van der Waals surface area contributed by atoms with E-state index in [0.29, 0.717) is 29.3 Å². The van der Waals surface area contributed by atoms with Crippen molar-refractivity contribution in [2.45, 2.75) is 11.8 Å². The molecule has 0 spiro atoms. The highest BCUT2D eigenvalue weighted by Gasteiger charge is 2.66. The van der Waals surface area contributed by atoms with Gasteiger partial charge >= 0.3 is 5.69 Å². The molecule has 37 heavy (non-hydrogen) atoms. The van der Waals surface area contributed by atoms with Crippen LogP contribution in [0.3, 0.4) is 0 Å². The molecule has 1 aliphatic carbocycles. The van der Waals surface area contributed by atoms with E-state index in [1.807, 2.05) is 30.3 Å². The minimum Gasteiger partial charge on any atom is -0.355 e. The number of imidazole rings is 1. The van der Waals surface area contributed by atoms with Crippen LogP contribution in [0.25, 0.3) is 33.5 Å². The minimum absolute atomic E-state index is 0.0726. The lowest BCUT2D eigenvalue weighted by Crippen LogP contribution is -2.32. The smallest absolute Gasteiger partial charge is 0.328 e. The van der Waals surface area contributed by atoms with Crippen molar-refractivity contribution in [3.63, 3.8) is 0 Å². The van der Waals surface area contributed by atoms with Crippen molar-refractivity contribution in [1.29, 1.82) is 0 Å². The maximum atomic E-state index is 14.7. The Bertz CT molecular complexity index is 1750. The van der Waals surface area contributed by atoms with Gasteiger partial charge in [-0.3, -0.25) is 14.2 Å². The van der Waals surface area contributed by atoms with Gasteiger partial charge < -0.3 is 10.6 Å². The number of aryl methyl sites for hydroxylation is 2. The summed E-state index contributed by atoms with van der Waals surface area (Å²) in [4.78, 5) is 24.1. The molecular formula is C27H27FN8O. The van der Waals surface area contributed by atoms with Crippen molar-refractivity contribution in [2.75, 3.05) is 24.5 Å². The van der Waals surface area contributed by atoms with E-state index in [4.69, 9.17) is 15.7 Å². The van der Waals surface area contributed by atoms with Crippen molar-refractivity contribution in [2.24, 2.45) is 31.7 Å². The van der Waals surface area contributed by atoms with Gasteiger partial charge in [0.1, 0.15) is 22.8 Å². The summed E-state index contributed by atoms with van der Waals surface area (Å²) in [5, 5.41) is 7.54. The average molecular weight is 499 g/mol. The average Bonchev–Trinajstić information content (AvgIpc) is 3.28. The first-order valence-electron chi connectivity index (χ1n) is 12.5. The van der Waals surface area contributed by atoms with Crippen LogP contribution in [0.4, 0.5) is 10.2 Å². The quantitative estimate of drug-likeness (QED) is 0.394. The van der Waals surface area contributed by atoms with Gasteiger partial charge in [0.25, 0.3) is 0 Å². The van der Waals surface area contributed by atoms with Gasteiger partial charge in [0, 0.05) is 44.7 Å². The fourth-order valence-electron chi connectivity index (χ4n) is 6.64. The van der Waals surface area contributed by atoms with E-state index in [1.165, 1.54) is 6.07 Å². The molecule has 3 aromatic heterocycles. The Labute approximate surface area is 211 Å². The number of benzene rings is 2. The van der Waals surface area contributed by atoms with Gasteiger partial charge in [-0.1, -0.05) is 24.3 Å². The van der Waals surface area contributed by atoms with Gasteiger partial charge in [-0.05, 0) is 42.0 Å². The number of rotatable bonds is 4. The van der Waals surface area contributed by atoms with E-state index < -0.39 is 0 Å². The van der Waals surface area contributed by atoms with Gasteiger partial charge in [0.15, 0.2) is 5.65 Å². The molecule has 9 nitrogen and oxygen atoms in total. The molecule has 1 aliphatic heterocycles. The van der Waals surface area contributed by atoms with Gasteiger partial charge in [0.05, 0.1) is 17.2 Å². The number of aromatic amines is 1. The monoisotopic (exact) mass is 498 g/mol. The zero-order chi connectivity index (χ0) is 25.5. The zero-order valence-corrected chi connectivity index (χ0v) is 20.6. The van der Waals surface area contributed by atoms with E-state index in [0.717, 1.165) is 47.5 Å². The molecule has 0 radical (unpaired) electrons. The molecule has 1 saturated heterocycles. The molecule has 2 aromatic carbocycles. The van der Waals surface area contributed by atoms with Crippen LogP contribution in [0, 0.1) is 17.7 Å². The Morgan fingerprint density at radius 2 is 1.95 bits per heavy atom. The molecule has 0 bridgehead atoms. The highest BCUT2D eigenvalue weighted by molar-refractivity contribution is 5.91. The lowest BCUT2D eigenvalue weighted by atomic mass is 9.91. The summed E-state index contributed by atoms with van der Waals surface area (Å²) in [6.45, 7) is 2.01. The largest absolute Gasteiger partial charge is 0.355 e. The standard InChI is InChI=1S/C27H27FN8O/c1-34-20-8-7-15(11-21(20)35(2)26(34)37)23-24-25(33-32-23)31-22(12-30-24)36-10-9-16-18(13-36)27(16,14-29)17-5-3-4-6-19(17)28/h3-8,11-12,16,18H,9-10,13-14,29H2,1-2H3,(H,31,32,33)/t16-,18+,27-/m1/s1. The third kappa shape index (κ3) is 2.99. The SMILES string of the molecule is Cn1c(=O)n(C)c2cc(-c3n[nH]c4nc(N5CC[C@@H]6[C@H](C5)[C@@]6(CN)c5ccccc5F)cnc34)ccc21. The van der Waals surface area contributed by atoms with E-state index >= 15 is 0 Å². The highest BCUT2D eigenvalue weighted by atomic mass is 19.1. The van der Waals surface area contributed by atoms with Crippen LogP contribution in [0.1, 0.15) is 12.0 Å². The third-order valence-electron chi connectivity index (χ3n) is 8.67. The lowest BCUT2D eigenvalue weighted by molar-refractivity contribution is 0.533. The summed E-state index contributed by atoms with van der Waals surface area (Å²) in [5.74, 6) is 1.26. The van der Waals surface area contributed by atoms with Crippen LogP contribution in [0.15, 0.2) is 53.5 Å². The molecule has 0 unspecified atom stereocenters. The predicted octanol–water partition coefficient (Wildman–Crippen LogP) is 2.70. The molecule has 3 N–H and O–H groups in total. The molecule has 7 rings (SSSR count). The molecule has 2 fully saturated rings. The van der Waals surface area contributed by atoms with Crippen molar-refractivity contribution in [1.82, 2.24) is 29.3 Å². The molecule has 4 heterocycles. The Morgan fingerprint density at radius 1 is 1.14 bits per heavy atom. The summed E-state index contributed by atoms with van der Waals surface area (Å²) in [5.41, 5.74) is 11.1. The van der Waals surface area contributed by atoms with Crippen LogP contribution in [-0.4, -0.2) is 48.9 Å². The van der Waals surface area contributed by atoms with Crippen LogP contribution < -0.4 is 16.3 Å². The number of nitrogens with two attached hydrogens (primary N) is 1. The second-order valence-electron chi connectivity index (χ2n) is 10.3. The number of nitrogens with zero attached hydrogens (tertiary/aromatic N) is 6. The van der Waals surface area contributed by atoms with Crippen molar-refractivity contribution >= 4 is 28.0 Å². The second kappa shape index (κ2) is 7.72. The van der Waals surface area contributed by atoms with E-state index in [-0.39, 0.29) is 22.8 Å². The number of piperidine rings is 1. The van der Waals surface area contributed by atoms with Crippen molar-refractivity contribution in [3.05, 3.63) is 70.5 Å². The normalized spacial score (nSPS) is 23.1. The predicted molar refractivity (Wildman–Crippen MR) is 140 cm³/mol. The van der Waals surface area contributed by atoms with E-state index in [1.54, 1.807) is 35.5 Å². The third-order valence-corrected chi connectivity index (χ3v) is 8.67. The first-order valence-corrected chi connectivity index (χ1v) is 12.5. The summed E-state index contributed by atoms with van der Waals surface area (Å²) >= 11 is 0. The van der Waals surface area contributed by atoms with Crippen LogP contribution in [-0.2, 0) is 19.5 Å². The number of hydrogen-bond donors (Lipinski definition) is 2. The number of aromatic nitrogens is 6. The molecular weight excluding hydrogens is 471 g/mol. The van der Waals surface area contributed by atoms with Gasteiger partial charge in [-0.15, -0.1) is 0 Å². The number of fused-ring (bicyclic) bond motifs is 3. The zero-order valence-electron chi connectivity index (χ0n) is 20.6. The van der Waals surface area contributed by atoms with Crippen LogP contribution in [0.5, 0.6) is 0 Å². The van der Waals surface area contributed by atoms with Crippen LogP contribution in [0.2, 0.25) is 0 Å². The Kier molecular flexibility index (Phi) is 4.63. The van der Waals surface area contributed by atoms with Crippen molar-refractivity contribution in [3.8, 4) is 11.3 Å². The number of anilines is 1. The number of hydrogen-bond acceptors (Lipinski definition) is 6. The maximum Gasteiger partial charge on any atom is 0.328 e. The van der Waals surface area contributed by atoms with E-state index in [9.17, 15) is 9.18 Å². The molecule has 188 valence electrons. The first kappa shape index (κ1) is 22.2. The van der Waals surface area contributed by atoms with Gasteiger partial charge in [-0.25, -0.2) is 19.2 Å². The molecule has 10 heteroatoms. The van der Waals surface area contributed by atoms with E-state index in [2.05, 4.69) is 15.1 Å². The topological polar surface area (TPSA) is 111 Å². The Balaban J connectivity index is 1.19. The van der Waals surface area contributed by atoms with Gasteiger partial charge in [0.2, 0.25) is 0 Å². The molecule has 2 aliphatic rings. The fraction of sp³-hybridized carbons (Fsp3) is 0.333. The summed E-state index contributed by atoms with van der Waals surface area (Å²) in [6, 6.07) is 12.8. The molecule has 5 aromatic rings. The lowest BCUT2D eigenvalue weighted by Gasteiger charge is -2.26. The number of halogens is 1. The fourth-order valence-corrected chi connectivity index (χ4v) is 6.64. The number of H-pyrrole nitrogens is 1.